The van der Waals surface area contributed by atoms with E-state index in [1.54, 1.807) is 0 Å². The molecule has 1 aliphatic carbocycles. The maximum atomic E-state index is 10.3. The molecule has 26 heavy (non-hydrogen) atoms. The number of hydrogen-bond acceptors (Lipinski definition) is 4. The predicted octanol–water partition coefficient (Wildman–Crippen LogP) is 3.08. The molecule has 0 radical (unpaired) electrons. The molecule has 1 aliphatic heterocycles. The smallest absolute Gasteiger partial charge is 0.120 e. The van der Waals surface area contributed by atoms with Crippen LogP contribution in [0.3, 0.4) is 0 Å². The first-order valence-corrected chi connectivity index (χ1v) is 9.74. The fourth-order valence-electron chi connectivity index (χ4n) is 4.01. The number of aromatic hydroxyl groups is 1. The van der Waals surface area contributed by atoms with Gasteiger partial charge in [0.2, 0.25) is 0 Å². The number of hydrogen-bond donors (Lipinski definition) is 1. The predicted molar refractivity (Wildman–Crippen MR) is 104 cm³/mol. The van der Waals surface area contributed by atoms with E-state index in [-0.39, 0.29) is 0 Å². The van der Waals surface area contributed by atoms with E-state index >= 15 is 0 Å². The monoisotopic (exact) mass is 352 g/mol. The lowest BCUT2D eigenvalue weighted by molar-refractivity contribution is 0.112. The fourth-order valence-corrected chi connectivity index (χ4v) is 4.01. The molecule has 0 unspecified atom stereocenters. The van der Waals surface area contributed by atoms with E-state index < -0.39 is 0 Å². The van der Waals surface area contributed by atoms with Gasteiger partial charge in [-0.3, -0.25) is 9.80 Å². The summed E-state index contributed by atoms with van der Waals surface area (Å²) < 4.78 is 5.80. The standard InChI is InChI=1S/C22H28N2O2/c25-22-16-19-6-4-5-18(19)15-20(22)17-24-11-9-23(10-12-24)13-14-26-21-7-2-1-3-8-21/h1-3,7-8,15-16,25H,4-6,9-14,17H2. The Balaban J connectivity index is 1.23. The van der Waals surface area contributed by atoms with Crippen LogP contribution in [0.5, 0.6) is 11.5 Å². The van der Waals surface area contributed by atoms with Gasteiger partial charge in [0.15, 0.2) is 0 Å². The highest BCUT2D eigenvalue weighted by Gasteiger charge is 2.20. The van der Waals surface area contributed by atoms with Crippen molar-refractivity contribution in [2.45, 2.75) is 25.8 Å². The van der Waals surface area contributed by atoms with E-state index in [1.165, 1.54) is 17.5 Å². The van der Waals surface area contributed by atoms with Gasteiger partial charge in [-0.15, -0.1) is 0 Å². The van der Waals surface area contributed by atoms with Crippen LogP contribution in [0.4, 0.5) is 0 Å². The highest BCUT2D eigenvalue weighted by Crippen LogP contribution is 2.30. The van der Waals surface area contributed by atoms with Gasteiger partial charge in [0.1, 0.15) is 18.1 Å². The van der Waals surface area contributed by atoms with Crippen LogP contribution in [0, 0.1) is 0 Å². The van der Waals surface area contributed by atoms with Gasteiger partial charge in [-0.05, 0) is 48.6 Å². The lowest BCUT2D eigenvalue weighted by Gasteiger charge is -2.34. The number of rotatable bonds is 6. The molecule has 138 valence electrons. The molecule has 0 bridgehead atoms. The highest BCUT2D eigenvalue weighted by molar-refractivity contribution is 5.44. The Labute approximate surface area is 156 Å². The zero-order valence-electron chi connectivity index (χ0n) is 15.4. The summed E-state index contributed by atoms with van der Waals surface area (Å²) in [6, 6.07) is 14.2. The van der Waals surface area contributed by atoms with Gasteiger partial charge >= 0.3 is 0 Å². The molecule has 4 rings (SSSR count). The lowest BCUT2D eigenvalue weighted by Crippen LogP contribution is -2.47. The Hall–Kier alpha value is -2.04. The van der Waals surface area contributed by atoms with Gasteiger partial charge in [0, 0.05) is 44.8 Å². The Morgan fingerprint density at radius 3 is 2.35 bits per heavy atom. The third-order valence-corrected chi connectivity index (χ3v) is 5.57. The quantitative estimate of drug-likeness (QED) is 0.867. The van der Waals surface area contributed by atoms with Crippen molar-refractivity contribution in [3.8, 4) is 11.5 Å². The van der Waals surface area contributed by atoms with E-state index in [1.807, 2.05) is 36.4 Å². The number of nitrogens with zero attached hydrogens (tertiary/aromatic N) is 2. The second kappa shape index (κ2) is 8.11. The van der Waals surface area contributed by atoms with Crippen LogP contribution in [0.2, 0.25) is 0 Å². The SMILES string of the molecule is Oc1cc2c(cc1CN1CCN(CCOc3ccccc3)CC1)CCC2. The van der Waals surface area contributed by atoms with Crippen LogP contribution in [0.25, 0.3) is 0 Å². The van der Waals surface area contributed by atoms with E-state index in [2.05, 4.69) is 15.9 Å². The second-order valence-corrected chi connectivity index (χ2v) is 7.38. The fraction of sp³-hybridized carbons (Fsp3) is 0.455. The van der Waals surface area contributed by atoms with Gasteiger partial charge in [0.05, 0.1) is 0 Å². The molecule has 0 aromatic heterocycles. The van der Waals surface area contributed by atoms with Crippen LogP contribution in [-0.4, -0.2) is 54.2 Å². The van der Waals surface area contributed by atoms with Gasteiger partial charge in [-0.2, -0.15) is 0 Å². The normalized spacial score (nSPS) is 18.0. The van der Waals surface area contributed by atoms with Crippen molar-refractivity contribution in [1.82, 2.24) is 9.80 Å². The third kappa shape index (κ3) is 4.19. The molecule has 0 spiro atoms. The molecule has 0 atom stereocenters. The molecule has 2 aromatic carbocycles. The molecule has 1 N–H and O–H groups in total. The lowest BCUT2D eigenvalue weighted by atomic mass is 10.0. The molecule has 2 aromatic rings. The molecule has 1 heterocycles. The minimum absolute atomic E-state index is 0.476. The van der Waals surface area contributed by atoms with Crippen molar-refractivity contribution in [3.05, 3.63) is 59.2 Å². The number of ether oxygens (including phenoxy) is 1. The summed E-state index contributed by atoms with van der Waals surface area (Å²) >= 11 is 0. The number of piperazine rings is 1. The molecule has 4 nitrogen and oxygen atoms in total. The Morgan fingerprint density at radius 1 is 0.885 bits per heavy atom. The van der Waals surface area contributed by atoms with Crippen LogP contribution in [-0.2, 0) is 19.4 Å². The average molecular weight is 352 g/mol. The maximum Gasteiger partial charge on any atom is 0.120 e. The van der Waals surface area contributed by atoms with Gasteiger partial charge < -0.3 is 9.84 Å². The molecular formula is C22H28N2O2. The zero-order chi connectivity index (χ0) is 17.8. The van der Waals surface area contributed by atoms with Crippen molar-refractivity contribution in [3.63, 3.8) is 0 Å². The van der Waals surface area contributed by atoms with Crippen molar-refractivity contribution in [1.29, 1.82) is 0 Å². The van der Waals surface area contributed by atoms with Crippen LogP contribution in [0.1, 0.15) is 23.1 Å². The summed E-state index contributed by atoms with van der Waals surface area (Å²) in [5, 5.41) is 10.3. The summed E-state index contributed by atoms with van der Waals surface area (Å²) in [7, 11) is 0. The van der Waals surface area contributed by atoms with Gasteiger partial charge in [-0.25, -0.2) is 0 Å². The Bertz CT molecular complexity index is 724. The van der Waals surface area contributed by atoms with Crippen LogP contribution >= 0.6 is 0 Å². The third-order valence-electron chi connectivity index (χ3n) is 5.57. The minimum atomic E-state index is 0.476. The number of para-hydroxylation sites is 1. The number of phenolic OH excluding ortho intramolecular Hbond substituents is 1. The van der Waals surface area contributed by atoms with Crippen molar-refractivity contribution >= 4 is 0 Å². The average Bonchev–Trinajstić information content (AvgIpc) is 3.11. The van der Waals surface area contributed by atoms with Gasteiger partial charge in [0.25, 0.3) is 0 Å². The van der Waals surface area contributed by atoms with E-state index in [9.17, 15) is 5.11 Å². The molecule has 4 heteroatoms. The minimum Gasteiger partial charge on any atom is -0.508 e. The number of benzene rings is 2. The van der Waals surface area contributed by atoms with E-state index in [0.717, 1.165) is 70.0 Å². The molecule has 0 amide bonds. The van der Waals surface area contributed by atoms with Crippen molar-refractivity contribution in [2.24, 2.45) is 0 Å². The number of phenols is 1. The summed E-state index contributed by atoms with van der Waals surface area (Å²) in [5.74, 6) is 1.42. The number of aryl methyl sites for hydroxylation is 2. The van der Waals surface area contributed by atoms with Gasteiger partial charge in [-0.1, -0.05) is 24.3 Å². The summed E-state index contributed by atoms with van der Waals surface area (Å²) in [6.07, 6.45) is 3.51. The van der Waals surface area contributed by atoms with E-state index in [4.69, 9.17) is 4.74 Å². The van der Waals surface area contributed by atoms with E-state index in [0.29, 0.717) is 5.75 Å². The maximum absolute atomic E-state index is 10.3. The molecule has 1 saturated heterocycles. The largest absolute Gasteiger partial charge is 0.508 e. The van der Waals surface area contributed by atoms with Crippen molar-refractivity contribution < 1.29 is 9.84 Å². The van der Waals surface area contributed by atoms with Crippen LogP contribution < -0.4 is 4.74 Å². The first kappa shape index (κ1) is 17.4. The molecule has 0 saturated carbocycles. The second-order valence-electron chi connectivity index (χ2n) is 7.38. The topological polar surface area (TPSA) is 35.9 Å². The zero-order valence-corrected chi connectivity index (χ0v) is 15.4. The summed E-state index contributed by atoms with van der Waals surface area (Å²) in [5.41, 5.74) is 3.87. The highest BCUT2D eigenvalue weighted by atomic mass is 16.5. The molecule has 2 aliphatic rings. The summed E-state index contributed by atoms with van der Waals surface area (Å²) in [4.78, 5) is 4.91. The van der Waals surface area contributed by atoms with Crippen molar-refractivity contribution in [2.75, 3.05) is 39.3 Å². The Morgan fingerprint density at radius 2 is 1.58 bits per heavy atom. The Kier molecular flexibility index (Phi) is 5.42. The summed E-state index contributed by atoms with van der Waals surface area (Å²) in [6.45, 7) is 6.76. The number of fused-ring (bicyclic) bond motifs is 1. The first-order valence-electron chi connectivity index (χ1n) is 9.74. The molecule has 1 fully saturated rings. The van der Waals surface area contributed by atoms with Crippen LogP contribution in [0.15, 0.2) is 42.5 Å². The molecular weight excluding hydrogens is 324 g/mol. The first-order chi connectivity index (χ1) is 12.8.